The van der Waals surface area contributed by atoms with Crippen LogP contribution in [0.5, 0.6) is 0 Å². The van der Waals surface area contributed by atoms with Gasteiger partial charge in [0.25, 0.3) is 0 Å². The molecule has 15 heavy (non-hydrogen) atoms. The molecular weight excluding hydrogens is 217 g/mol. The monoisotopic (exact) mass is 225 g/mol. The van der Waals surface area contributed by atoms with Gasteiger partial charge in [0.15, 0.2) is 0 Å². The molecule has 0 aromatic heterocycles. The summed E-state index contributed by atoms with van der Waals surface area (Å²) in [7, 11) is 0. The van der Waals surface area contributed by atoms with Crippen LogP contribution in [0.2, 0.25) is 0 Å². The quantitative estimate of drug-likeness (QED) is 0.769. The van der Waals surface area contributed by atoms with Crippen LogP contribution in [0, 0.1) is 5.82 Å². The number of alkyl halides is 4. The smallest absolute Gasteiger partial charge is 0.322 e. The van der Waals surface area contributed by atoms with Crippen molar-refractivity contribution in [1.29, 1.82) is 0 Å². The fraction of sp³-hybridized carbons (Fsp3) is 0.333. The van der Waals surface area contributed by atoms with Crippen LogP contribution in [-0.4, -0.2) is 6.67 Å². The van der Waals surface area contributed by atoms with Crippen LogP contribution >= 0.6 is 0 Å². The first-order valence-corrected chi connectivity index (χ1v) is 4.05. The Kier molecular flexibility index (Phi) is 3.28. The Morgan fingerprint density at radius 1 is 1.27 bits per heavy atom. The molecule has 84 valence electrons. The highest BCUT2D eigenvalue weighted by atomic mass is 19.4. The van der Waals surface area contributed by atoms with E-state index in [1.807, 2.05) is 0 Å². The molecule has 0 heterocycles. The largest absolute Gasteiger partial charge is 0.419 e. The zero-order valence-electron chi connectivity index (χ0n) is 7.48. The highest BCUT2D eigenvalue weighted by molar-refractivity contribution is 5.30. The SMILES string of the molecule is N[C@H](CF)c1cccc(C(F)(F)F)c1F. The lowest BCUT2D eigenvalue weighted by molar-refractivity contribution is -0.140. The van der Waals surface area contributed by atoms with Gasteiger partial charge in [0, 0.05) is 5.56 Å². The summed E-state index contributed by atoms with van der Waals surface area (Å²) in [4.78, 5) is 0. The Bertz CT molecular complexity index is 347. The number of hydrogen-bond acceptors (Lipinski definition) is 1. The van der Waals surface area contributed by atoms with Crippen molar-refractivity contribution >= 4 is 0 Å². The van der Waals surface area contributed by atoms with Crippen LogP contribution in [0.1, 0.15) is 17.2 Å². The molecule has 1 aromatic rings. The zero-order valence-corrected chi connectivity index (χ0v) is 7.48. The normalized spacial score (nSPS) is 14.0. The first-order valence-electron chi connectivity index (χ1n) is 4.05. The van der Waals surface area contributed by atoms with Crippen molar-refractivity contribution in [2.75, 3.05) is 6.67 Å². The predicted molar refractivity (Wildman–Crippen MR) is 44.3 cm³/mol. The molecule has 1 atom stereocenters. The Hall–Kier alpha value is -1.17. The van der Waals surface area contributed by atoms with Gasteiger partial charge in [-0.15, -0.1) is 0 Å². The molecule has 1 aromatic carbocycles. The van der Waals surface area contributed by atoms with Crippen LogP contribution < -0.4 is 5.73 Å². The lowest BCUT2D eigenvalue weighted by Crippen LogP contribution is -2.17. The van der Waals surface area contributed by atoms with E-state index in [9.17, 15) is 22.0 Å². The summed E-state index contributed by atoms with van der Waals surface area (Å²) in [6.07, 6.45) is -4.80. The molecule has 1 rings (SSSR count). The van der Waals surface area contributed by atoms with E-state index in [4.69, 9.17) is 5.73 Å². The number of nitrogens with two attached hydrogens (primary N) is 1. The van der Waals surface area contributed by atoms with Gasteiger partial charge >= 0.3 is 6.18 Å². The second-order valence-electron chi connectivity index (χ2n) is 2.97. The summed E-state index contributed by atoms with van der Waals surface area (Å²) in [6, 6.07) is 1.25. The standard InChI is InChI=1S/C9H8F5N/c10-4-7(15)5-2-1-3-6(8(5)11)9(12,13)14/h1-3,7H,4,15H2/t7-/m1/s1. The fourth-order valence-electron chi connectivity index (χ4n) is 1.14. The van der Waals surface area contributed by atoms with Crippen molar-refractivity contribution in [3.63, 3.8) is 0 Å². The van der Waals surface area contributed by atoms with Crippen molar-refractivity contribution in [1.82, 2.24) is 0 Å². The Labute approximate surface area is 82.7 Å². The Morgan fingerprint density at radius 2 is 1.87 bits per heavy atom. The summed E-state index contributed by atoms with van der Waals surface area (Å²) in [5, 5.41) is 0. The van der Waals surface area contributed by atoms with E-state index in [1.54, 1.807) is 0 Å². The summed E-state index contributed by atoms with van der Waals surface area (Å²) in [5.74, 6) is -1.50. The minimum absolute atomic E-state index is 0.465. The van der Waals surface area contributed by atoms with Crippen molar-refractivity contribution in [2.24, 2.45) is 5.73 Å². The summed E-state index contributed by atoms with van der Waals surface area (Å²) < 4.78 is 62.0. The van der Waals surface area contributed by atoms with E-state index >= 15 is 0 Å². The third-order valence-electron chi connectivity index (χ3n) is 1.90. The minimum atomic E-state index is -4.80. The molecule has 0 bridgehead atoms. The van der Waals surface area contributed by atoms with E-state index in [0.717, 1.165) is 12.1 Å². The van der Waals surface area contributed by atoms with E-state index in [1.165, 1.54) is 0 Å². The molecular formula is C9H8F5N. The van der Waals surface area contributed by atoms with Gasteiger partial charge in [0.2, 0.25) is 0 Å². The van der Waals surface area contributed by atoms with Crippen molar-refractivity contribution < 1.29 is 22.0 Å². The van der Waals surface area contributed by atoms with Gasteiger partial charge in [-0.05, 0) is 6.07 Å². The molecule has 0 saturated carbocycles. The maximum atomic E-state index is 13.2. The van der Waals surface area contributed by atoms with Crippen LogP contribution in [0.3, 0.4) is 0 Å². The molecule has 1 nitrogen and oxygen atoms in total. The van der Waals surface area contributed by atoms with Crippen molar-refractivity contribution in [3.05, 3.63) is 35.1 Å². The third kappa shape index (κ3) is 2.44. The van der Waals surface area contributed by atoms with Gasteiger partial charge in [0.05, 0.1) is 11.6 Å². The van der Waals surface area contributed by atoms with E-state index < -0.39 is 35.8 Å². The molecule has 6 heteroatoms. The number of rotatable bonds is 2. The zero-order chi connectivity index (χ0) is 11.6. The Balaban J connectivity index is 3.23. The molecule has 0 aliphatic carbocycles. The number of hydrogen-bond donors (Lipinski definition) is 1. The second kappa shape index (κ2) is 4.14. The topological polar surface area (TPSA) is 26.0 Å². The van der Waals surface area contributed by atoms with Crippen LogP contribution in [0.25, 0.3) is 0 Å². The van der Waals surface area contributed by atoms with Gasteiger partial charge in [0.1, 0.15) is 12.5 Å². The highest BCUT2D eigenvalue weighted by Crippen LogP contribution is 2.33. The van der Waals surface area contributed by atoms with Gasteiger partial charge in [-0.2, -0.15) is 13.2 Å². The lowest BCUT2D eigenvalue weighted by atomic mass is 10.0. The first-order chi connectivity index (χ1) is 6.88. The summed E-state index contributed by atoms with van der Waals surface area (Å²) >= 11 is 0. The van der Waals surface area contributed by atoms with Crippen LogP contribution in [0.4, 0.5) is 22.0 Å². The molecule has 0 spiro atoms. The molecule has 0 amide bonds. The maximum absolute atomic E-state index is 13.2. The average Bonchev–Trinajstić information content (AvgIpc) is 2.15. The van der Waals surface area contributed by atoms with E-state index in [-0.39, 0.29) is 0 Å². The van der Waals surface area contributed by atoms with Gasteiger partial charge < -0.3 is 5.73 Å². The van der Waals surface area contributed by atoms with Crippen molar-refractivity contribution in [3.8, 4) is 0 Å². The van der Waals surface area contributed by atoms with E-state index in [0.29, 0.717) is 6.07 Å². The minimum Gasteiger partial charge on any atom is -0.322 e. The molecule has 0 aliphatic heterocycles. The van der Waals surface area contributed by atoms with Gasteiger partial charge in [-0.3, -0.25) is 0 Å². The van der Waals surface area contributed by atoms with Gasteiger partial charge in [-0.25, -0.2) is 8.78 Å². The van der Waals surface area contributed by atoms with Crippen LogP contribution in [-0.2, 0) is 6.18 Å². The molecule has 0 fully saturated rings. The number of halogens is 5. The fourth-order valence-corrected chi connectivity index (χ4v) is 1.14. The predicted octanol–water partition coefficient (Wildman–Crippen LogP) is 2.81. The van der Waals surface area contributed by atoms with Gasteiger partial charge in [-0.1, -0.05) is 12.1 Å². The highest BCUT2D eigenvalue weighted by Gasteiger charge is 2.35. The van der Waals surface area contributed by atoms with Crippen molar-refractivity contribution in [2.45, 2.75) is 12.2 Å². The first kappa shape index (κ1) is 11.9. The summed E-state index contributed by atoms with van der Waals surface area (Å²) in [6.45, 7) is -1.11. The average molecular weight is 225 g/mol. The molecule has 0 unspecified atom stereocenters. The maximum Gasteiger partial charge on any atom is 0.419 e. The molecule has 0 radical (unpaired) electrons. The van der Waals surface area contributed by atoms with E-state index in [2.05, 4.69) is 0 Å². The molecule has 2 N–H and O–H groups in total. The van der Waals surface area contributed by atoms with Crippen LogP contribution in [0.15, 0.2) is 18.2 Å². The second-order valence-corrected chi connectivity index (χ2v) is 2.97. The lowest BCUT2D eigenvalue weighted by Gasteiger charge is -2.13. The third-order valence-corrected chi connectivity index (χ3v) is 1.90. The molecule has 0 aliphatic rings. The summed E-state index contributed by atoms with van der Waals surface area (Å²) in [5.41, 5.74) is 3.23. The molecule has 0 saturated heterocycles. The Morgan fingerprint density at radius 3 is 2.33 bits per heavy atom. The number of benzene rings is 1.